The van der Waals surface area contributed by atoms with Crippen molar-refractivity contribution in [3.8, 4) is 5.75 Å². The van der Waals surface area contributed by atoms with Crippen LogP contribution < -0.4 is 85.9 Å². The fraction of sp³-hybridized carbons (Fsp3) is 0.576. The van der Waals surface area contributed by atoms with E-state index in [4.69, 9.17) is 11.5 Å². The number of phenols is 1. The number of aliphatic hydroxyl groups is 1. The standard InChI is InChI=1S/C99H143N23O23S/c1-11-13-27-76-90(136)110-67(40-55(3)4)87(133)116-74(85(131)106-49-81(101)126)53-146-54-82(127)108-70(42-58-31-33-61(123)34-32-58)93(139)117(8)57(7)84(130)112-72(46-80(100)125)95(141)121-39-23-30-77(121)91(137)115-73-48-107-99(145)103-37-22-16-15-21-36-102-98(144)104-38-35-66(86(132)114-71(94(140)119(10)78(28-14-12-2)97(143)118(76)9)44-60-50-120(52-83(128)129)75-29-20-18-25-64(60)75)109-88(134)68(43-59-47-105-65-26-19-17-24-63(59)65)111-92(138)79-45-62(124)51-122(79)96(142)69(41-56(5)6)113-89(73)135/h17-20,24-26,29,31-34,47,50,55-57,62,66-74,76-79,105,123-124H,11-16,21-23,27-28,30,35-46,48-49,51-54H2,1-10H3,(H2,100,125)(H2,101,126)(H,106,131)(H,108,127)(H,109,134)(H,110,136)(H,111,138)(H,112,130)(H,113,135)(H,114,132)(H,115,137)(H,116,133)(H,128,129)(H2,102,104,144)(H2,103,107,145)/t57-,62+,66-,67-,68-,69-,70-,71-,72-,73-,74-,76-,77-,78-,79-/m0/s1. The normalized spacial score (nSPS) is 25.0. The van der Waals surface area contributed by atoms with Crippen LogP contribution in [0.2, 0.25) is 0 Å². The number of hydrogen-bond donors (Lipinski definition) is 20. The molecule has 21 amide bonds. The van der Waals surface area contributed by atoms with Crippen LogP contribution in [0.15, 0.2) is 85.2 Å². The zero-order valence-corrected chi connectivity index (χ0v) is 85.2. The number of carboxylic acids is 1. The Hall–Kier alpha value is -14.2. The van der Waals surface area contributed by atoms with Gasteiger partial charge in [0.05, 0.1) is 24.8 Å². The molecule has 9 rings (SSSR count). The van der Waals surface area contributed by atoms with Gasteiger partial charge in [-0.05, 0) is 118 Å². The number of aromatic amines is 1. The Labute approximate surface area is 851 Å². The number of aromatic hydroxyl groups is 1. The summed E-state index contributed by atoms with van der Waals surface area (Å²) >= 11 is 0.773. The molecule has 6 heterocycles. The molecule has 4 saturated heterocycles. The number of nitrogens with one attached hydrogen (secondary N) is 15. The zero-order chi connectivity index (χ0) is 107. The number of aromatic nitrogens is 2. The number of rotatable bonds is 23. The second-order valence-corrected chi connectivity index (χ2v) is 39.5. The van der Waals surface area contributed by atoms with E-state index in [0.717, 1.165) is 36.3 Å². The molecular weight excluding hydrogens is 1910 g/mol. The van der Waals surface area contributed by atoms with E-state index >= 15 is 52.7 Å². The molecule has 2 bridgehead atoms. The number of H-pyrrole nitrogens is 1. The molecule has 22 N–H and O–H groups in total. The van der Waals surface area contributed by atoms with Gasteiger partial charge in [0.2, 0.25) is 100 Å². The van der Waals surface area contributed by atoms with Crippen molar-refractivity contribution in [1.29, 1.82) is 0 Å². The maximum absolute atomic E-state index is 16.3. The molecule has 0 radical (unpaired) electrons. The van der Waals surface area contributed by atoms with E-state index in [2.05, 4.69) is 79.4 Å². The minimum absolute atomic E-state index is 0.0246. The number of carbonyl (C=O) groups excluding carboxylic acids is 19. The summed E-state index contributed by atoms with van der Waals surface area (Å²) in [5.74, 6) is -19.7. The van der Waals surface area contributed by atoms with Crippen LogP contribution in [0.25, 0.3) is 21.8 Å². The van der Waals surface area contributed by atoms with E-state index in [-0.39, 0.29) is 95.6 Å². The molecule has 47 heteroatoms. The molecule has 4 aliphatic heterocycles. The number of benzene rings is 3. The van der Waals surface area contributed by atoms with Gasteiger partial charge in [-0.2, -0.15) is 0 Å². The lowest BCUT2D eigenvalue weighted by molar-refractivity contribution is -0.149. The summed E-state index contributed by atoms with van der Waals surface area (Å²) in [6.45, 7) is 9.02. The lowest BCUT2D eigenvalue weighted by atomic mass is 9.99. The largest absolute Gasteiger partial charge is 0.508 e. The number of para-hydroxylation sites is 2. The third-order valence-electron chi connectivity index (χ3n) is 26.2. The van der Waals surface area contributed by atoms with Gasteiger partial charge in [0, 0.05) is 126 Å². The third kappa shape index (κ3) is 33.5. The van der Waals surface area contributed by atoms with Gasteiger partial charge in [-0.1, -0.05) is 129 Å². The number of unbranched alkanes of at least 4 members (excludes halogenated alkanes) is 2. The van der Waals surface area contributed by atoms with Crippen molar-refractivity contribution in [2.24, 2.45) is 23.3 Å². The smallest absolute Gasteiger partial charge is 0.323 e. The number of fused-ring (bicyclic) bond motifs is 12. The maximum Gasteiger partial charge on any atom is 0.323 e. The van der Waals surface area contributed by atoms with Crippen molar-refractivity contribution in [2.75, 3.05) is 78.5 Å². The highest BCUT2D eigenvalue weighted by Gasteiger charge is 2.47. The molecule has 15 atom stereocenters. The van der Waals surface area contributed by atoms with Crippen LogP contribution in [-0.2, 0) is 112 Å². The lowest BCUT2D eigenvalue weighted by Gasteiger charge is -2.36. The number of likely N-dealkylation sites (N-methyl/N-ethyl adjacent to an activating group) is 3. The molecule has 798 valence electrons. The molecule has 0 aliphatic carbocycles. The number of nitrogens with zero attached hydrogens (tertiary/aromatic N) is 6. The Morgan fingerprint density at radius 3 is 1.73 bits per heavy atom. The van der Waals surface area contributed by atoms with Gasteiger partial charge < -0.3 is 135 Å². The number of aliphatic hydroxyl groups excluding tert-OH is 1. The number of amides is 21. The number of urea groups is 2. The fourth-order valence-corrected chi connectivity index (χ4v) is 19.1. The number of carbonyl (C=O) groups is 20. The van der Waals surface area contributed by atoms with Gasteiger partial charge >= 0.3 is 18.0 Å². The first-order chi connectivity index (χ1) is 69.4. The van der Waals surface area contributed by atoms with E-state index in [1.54, 1.807) is 82.4 Å². The van der Waals surface area contributed by atoms with Crippen molar-refractivity contribution in [3.63, 3.8) is 0 Å². The summed E-state index contributed by atoms with van der Waals surface area (Å²) in [6.07, 6.45) is 1.91. The predicted molar refractivity (Wildman–Crippen MR) is 538 cm³/mol. The summed E-state index contributed by atoms with van der Waals surface area (Å²) in [4.78, 5) is 303. The van der Waals surface area contributed by atoms with Crippen molar-refractivity contribution >= 4 is 152 Å². The maximum atomic E-state index is 16.3. The van der Waals surface area contributed by atoms with E-state index in [0.29, 0.717) is 83.4 Å². The topological polar surface area (TPSA) is 659 Å². The van der Waals surface area contributed by atoms with Gasteiger partial charge in [0.15, 0.2) is 0 Å². The Bertz CT molecular complexity index is 5480. The molecule has 5 aromatic rings. The van der Waals surface area contributed by atoms with Gasteiger partial charge in [-0.25, -0.2) is 9.59 Å². The lowest BCUT2D eigenvalue weighted by Crippen LogP contribution is -2.62. The predicted octanol–water partition coefficient (Wildman–Crippen LogP) is -0.984. The first-order valence-corrected chi connectivity index (χ1v) is 51.0. The number of primary amides is 2. The summed E-state index contributed by atoms with van der Waals surface area (Å²) in [5.41, 5.74) is 13.4. The highest BCUT2D eigenvalue weighted by Crippen LogP contribution is 2.29. The number of aliphatic carboxylic acids is 1. The number of hydrogen-bond acceptors (Lipinski definition) is 23. The summed E-state index contributed by atoms with van der Waals surface area (Å²) in [6, 6.07) is -4.86. The van der Waals surface area contributed by atoms with Gasteiger partial charge in [-0.3, -0.25) is 86.3 Å². The van der Waals surface area contributed by atoms with E-state index in [9.17, 15) is 58.5 Å². The molecule has 3 aromatic carbocycles. The van der Waals surface area contributed by atoms with Crippen molar-refractivity contribution < 1.29 is 111 Å². The first-order valence-electron chi connectivity index (χ1n) is 49.8. The second-order valence-electron chi connectivity index (χ2n) is 38.5. The van der Waals surface area contributed by atoms with Crippen molar-refractivity contribution in [1.82, 2.24) is 108 Å². The van der Waals surface area contributed by atoms with Gasteiger partial charge in [0.1, 0.15) is 96.9 Å². The highest BCUT2D eigenvalue weighted by atomic mass is 32.2. The van der Waals surface area contributed by atoms with Crippen LogP contribution in [0.3, 0.4) is 0 Å². The average Bonchev–Trinajstić information content (AvgIpc) is 1.63. The summed E-state index contributed by atoms with van der Waals surface area (Å²) in [5, 5.41) is 70.8. The molecule has 0 saturated carbocycles. The molecule has 0 unspecified atom stereocenters. The first kappa shape index (κ1) is 115. The molecular formula is C99H143N23O23S. The zero-order valence-electron chi connectivity index (χ0n) is 84.4. The van der Waals surface area contributed by atoms with Crippen LogP contribution in [0, 0.1) is 11.8 Å². The van der Waals surface area contributed by atoms with Crippen LogP contribution in [0.4, 0.5) is 9.59 Å². The molecule has 146 heavy (non-hydrogen) atoms. The van der Waals surface area contributed by atoms with Crippen LogP contribution in [0.1, 0.15) is 174 Å². The summed E-state index contributed by atoms with van der Waals surface area (Å²) in [7, 11) is 3.88. The second kappa shape index (κ2) is 55.8. The fourth-order valence-electron chi connectivity index (χ4n) is 18.3. The number of phenolic OH excluding ortho intramolecular Hbond substituents is 1. The molecule has 2 aromatic heterocycles. The van der Waals surface area contributed by atoms with Crippen molar-refractivity contribution in [2.45, 2.75) is 274 Å². The number of carboxylic acid groups (broad SMARTS) is 1. The quantitative estimate of drug-likeness (QED) is 0.0374. The average molecular weight is 2060 g/mol. The van der Waals surface area contributed by atoms with E-state index in [1.165, 1.54) is 63.1 Å². The SMILES string of the molecule is CCCC[C@H]1C(=O)N(C)[C@@H](CCCC)C(=O)N[C@@H](CC(C)C)C(=O)N[C@H](C(=O)NCC(N)=O)CSCC(=O)N[C@@H](Cc2ccc(O)cc2)C(=O)N(C)[C@@H](C)C(=O)N[C@@H](CC(N)=O)C(=O)N2CCC[C@H]2C(=O)N[C@H]2CNC(=O)NCCCCCCNC(=O)NCC[C@H](NC(=O)[C@H](Cc3c[nH]c4ccccc34)NC(=O)[C@@H]3C[C@@H](O)CN3C(=O)[C@H](CC(C)C)NC2=O)C(=O)N[C@@H](Cc2cn(CC(=O)O)c3ccccc23)C(=O)N1C. The van der Waals surface area contributed by atoms with E-state index in [1.807, 2.05) is 13.8 Å². The Balaban J connectivity index is 1.17. The Morgan fingerprint density at radius 2 is 1.07 bits per heavy atom. The van der Waals surface area contributed by atoms with Crippen LogP contribution in [0.5, 0.6) is 5.75 Å². The molecule has 4 fully saturated rings. The van der Waals surface area contributed by atoms with Crippen molar-refractivity contribution in [3.05, 3.63) is 102 Å². The number of thioether (sulfide) groups is 1. The number of nitrogens with two attached hydrogens (primary N) is 2. The Kier molecular flexibility index (Phi) is 44.1. The van der Waals surface area contributed by atoms with Gasteiger partial charge in [-0.15, -0.1) is 11.8 Å². The highest BCUT2D eigenvalue weighted by molar-refractivity contribution is 8.00. The molecule has 46 nitrogen and oxygen atoms in total. The molecule has 0 spiro atoms. The minimum Gasteiger partial charge on any atom is -0.508 e. The minimum atomic E-state index is -1.83. The van der Waals surface area contributed by atoms with E-state index < -0.39 is 278 Å². The molecule has 4 aliphatic rings. The van der Waals surface area contributed by atoms with Gasteiger partial charge in [0.25, 0.3) is 0 Å². The Morgan fingerprint density at radius 1 is 0.514 bits per heavy atom. The van der Waals surface area contributed by atoms with Crippen LogP contribution >= 0.6 is 11.8 Å². The van der Waals surface area contributed by atoms with Crippen LogP contribution in [-0.4, -0.2) is 337 Å². The monoisotopic (exact) mass is 2050 g/mol. The third-order valence-corrected chi connectivity index (χ3v) is 27.3. The summed E-state index contributed by atoms with van der Waals surface area (Å²) < 4.78 is 1.43.